The Morgan fingerprint density at radius 3 is 2.28 bits per heavy atom. The van der Waals surface area contributed by atoms with Gasteiger partial charge in [0.1, 0.15) is 29.3 Å². The Bertz CT molecular complexity index is 1210. The summed E-state index contributed by atoms with van der Waals surface area (Å²) in [7, 11) is -0.355. The molecule has 3 atom stereocenters. The van der Waals surface area contributed by atoms with Gasteiger partial charge in [0.15, 0.2) is 5.37 Å². The molecule has 1 aliphatic heterocycles. The molecule has 36 heavy (non-hydrogen) atoms. The predicted octanol–water partition coefficient (Wildman–Crippen LogP) is 1.71. The lowest BCUT2D eigenvalue weighted by atomic mass is 10.0. The molecule has 1 aliphatic rings. The molecule has 11 nitrogen and oxygen atoms in total. The summed E-state index contributed by atoms with van der Waals surface area (Å²) < 4.78 is 20.7. The summed E-state index contributed by atoms with van der Waals surface area (Å²) in [5.74, 6) is -1.83. The number of β-lactam (4-membered cyclic amide) rings is 1. The number of ether oxygens (including phenoxy) is 1. The topological polar surface area (TPSA) is 148 Å². The summed E-state index contributed by atoms with van der Waals surface area (Å²) in [5.41, 5.74) is 1.54. The molecular formula is C24H26N4O7S. The van der Waals surface area contributed by atoms with Crippen molar-refractivity contribution in [3.05, 3.63) is 87.1 Å². The molecule has 1 saturated heterocycles. The van der Waals surface area contributed by atoms with Crippen molar-refractivity contribution < 1.29 is 28.3 Å². The molecule has 2 amide bonds. The van der Waals surface area contributed by atoms with Gasteiger partial charge in [-0.05, 0) is 49.7 Å². The molecule has 0 bridgehead atoms. The van der Waals surface area contributed by atoms with Crippen molar-refractivity contribution in [2.45, 2.75) is 38.3 Å². The van der Waals surface area contributed by atoms with Crippen LogP contribution in [0.4, 0.5) is 5.69 Å². The van der Waals surface area contributed by atoms with Crippen LogP contribution in [-0.4, -0.2) is 50.3 Å². The van der Waals surface area contributed by atoms with Crippen LogP contribution >= 0.6 is 0 Å². The number of non-ortho nitro benzene ring substituents is 1. The van der Waals surface area contributed by atoms with Crippen LogP contribution in [0.3, 0.4) is 0 Å². The van der Waals surface area contributed by atoms with Crippen LogP contribution < -0.4 is 10.0 Å². The summed E-state index contributed by atoms with van der Waals surface area (Å²) in [6, 6.07) is 13.4. The number of carbonyl (C=O) groups is 3. The molecule has 2 aromatic carbocycles. The summed E-state index contributed by atoms with van der Waals surface area (Å²) in [5, 5.41) is 12.4. The van der Waals surface area contributed by atoms with Gasteiger partial charge in [0.2, 0.25) is 5.91 Å². The summed E-state index contributed by atoms with van der Waals surface area (Å²) in [4.78, 5) is 49.9. The molecule has 0 aromatic heterocycles. The van der Waals surface area contributed by atoms with Gasteiger partial charge in [-0.1, -0.05) is 30.3 Å². The zero-order valence-corrected chi connectivity index (χ0v) is 20.7. The molecule has 3 rings (SSSR count). The lowest BCUT2D eigenvalue weighted by molar-refractivity contribution is -0.384. The fraction of sp³-hybridized carbons (Fsp3) is 0.292. The maximum Gasteiger partial charge on any atom is 0.355 e. The number of benzene rings is 2. The molecule has 1 fully saturated rings. The van der Waals surface area contributed by atoms with E-state index in [9.17, 15) is 28.7 Å². The maximum atomic E-state index is 13.0. The van der Waals surface area contributed by atoms with E-state index in [2.05, 4.69) is 10.0 Å². The molecular weight excluding hydrogens is 488 g/mol. The van der Waals surface area contributed by atoms with E-state index >= 15 is 0 Å². The summed E-state index contributed by atoms with van der Waals surface area (Å²) in [6.45, 7) is 3.03. The molecule has 2 aromatic rings. The van der Waals surface area contributed by atoms with Crippen molar-refractivity contribution in [1.82, 2.24) is 14.9 Å². The number of allylic oxidation sites excluding steroid dienone is 1. The predicted molar refractivity (Wildman–Crippen MR) is 131 cm³/mol. The minimum atomic E-state index is -1.79. The third-order valence-electron chi connectivity index (χ3n) is 5.41. The smallest absolute Gasteiger partial charge is 0.355 e. The maximum absolute atomic E-state index is 13.0. The van der Waals surface area contributed by atoms with E-state index in [4.69, 9.17) is 4.74 Å². The van der Waals surface area contributed by atoms with Crippen LogP contribution in [0.2, 0.25) is 0 Å². The summed E-state index contributed by atoms with van der Waals surface area (Å²) >= 11 is 0. The number of likely N-dealkylation sites (tertiary alicyclic amines) is 1. The van der Waals surface area contributed by atoms with Gasteiger partial charge in [0.25, 0.3) is 11.6 Å². The number of nitrogens with zero attached hydrogens (tertiary/aromatic N) is 2. The van der Waals surface area contributed by atoms with Crippen molar-refractivity contribution in [2.24, 2.45) is 0 Å². The van der Waals surface area contributed by atoms with E-state index < -0.39 is 45.1 Å². The van der Waals surface area contributed by atoms with E-state index in [-0.39, 0.29) is 24.4 Å². The lowest BCUT2D eigenvalue weighted by Crippen LogP contribution is -2.73. The van der Waals surface area contributed by atoms with Crippen LogP contribution in [0.15, 0.2) is 65.9 Å². The Morgan fingerprint density at radius 2 is 1.72 bits per heavy atom. The standard InChI is InChI=1S/C24H26N4O7S/c1-15(2)21(24(31)35-14-17-9-11-18(12-10-17)28(32)33)27-22(30)20(23(27)36(34)25-3)26-19(29)13-16-7-5-4-6-8-16/h4-12,20,23,25H,13-14H2,1-3H3,(H,26,29). The number of rotatable bonds is 10. The third kappa shape index (κ3) is 6.01. The van der Waals surface area contributed by atoms with Gasteiger partial charge in [-0.2, -0.15) is 0 Å². The average molecular weight is 515 g/mol. The number of hydrogen-bond acceptors (Lipinski definition) is 7. The lowest BCUT2D eigenvalue weighted by Gasteiger charge is -2.46. The number of hydrogen-bond donors (Lipinski definition) is 2. The first-order valence-corrected chi connectivity index (χ1v) is 12.2. The van der Waals surface area contributed by atoms with Crippen LogP contribution in [0.25, 0.3) is 0 Å². The molecule has 2 N–H and O–H groups in total. The first kappa shape index (κ1) is 26.7. The highest BCUT2D eigenvalue weighted by molar-refractivity contribution is 7.83. The highest BCUT2D eigenvalue weighted by atomic mass is 32.2. The fourth-order valence-corrected chi connectivity index (χ4v) is 4.73. The Labute approximate surface area is 210 Å². The molecule has 0 spiro atoms. The average Bonchev–Trinajstić information content (AvgIpc) is 2.86. The number of nitrogens with one attached hydrogen (secondary N) is 2. The van der Waals surface area contributed by atoms with Crippen molar-refractivity contribution in [3.63, 3.8) is 0 Å². The van der Waals surface area contributed by atoms with Gasteiger partial charge in [-0.25, -0.2) is 13.7 Å². The molecule has 12 heteroatoms. The minimum Gasteiger partial charge on any atom is -0.456 e. The van der Waals surface area contributed by atoms with Gasteiger partial charge in [-0.3, -0.25) is 24.6 Å². The van der Waals surface area contributed by atoms with E-state index in [0.717, 1.165) is 10.5 Å². The summed E-state index contributed by atoms with van der Waals surface area (Å²) in [6.07, 6.45) is 0.0380. The third-order valence-corrected chi connectivity index (χ3v) is 6.74. The Kier molecular flexibility index (Phi) is 8.67. The number of amides is 2. The molecule has 1 heterocycles. The van der Waals surface area contributed by atoms with Crippen LogP contribution in [0, 0.1) is 10.1 Å². The second-order valence-corrected chi connectivity index (χ2v) is 9.64. The molecule has 0 saturated carbocycles. The van der Waals surface area contributed by atoms with E-state index in [1.165, 1.54) is 31.3 Å². The number of esters is 1. The van der Waals surface area contributed by atoms with Gasteiger partial charge in [-0.15, -0.1) is 0 Å². The monoisotopic (exact) mass is 514 g/mol. The van der Waals surface area contributed by atoms with Crippen LogP contribution in [0.1, 0.15) is 25.0 Å². The minimum absolute atomic E-state index is 0.0380. The second kappa shape index (κ2) is 11.7. The quantitative estimate of drug-likeness (QED) is 0.161. The number of carbonyl (C=O) groups excluding carboxylic acids is 3. The van der Waals surface area contributed by atoms with E-state index in [1.54, 1.807) is 38.1 Å². The van der Waals surface area contributed by atoms with Gasteiger partial charge < -0.3 is 10.1 Å². The molecule has 190 valence electrons. The van der Waals surface area contributed by atoms with Crippen molar-refractivity contribution >= 4 is 34.5 Å². The highest BCUT2D eigenvalue weighted by Crippen LogP contribution is 2.30. The van der Waals surface area contributed by atoms with Gasteiger partial charge in [0.05, 0.1) is 11.3 Å². The fourth-order valence-electron chi connectivity index (χ4n) is 3.65. The van der Waals surface area contributed by atoms with Crippen molar-refractivity contribution in [1.29, 1.82) is 0 Å². The normalized spacial score (nSPS) is 17.5. The Hall–Kier alpha value is -3.90. The van der Waals surface area contributed by atoms with E-state index in [1.807, 2.05) is 6.07 Å². The van der Waals surface area contributed by atoms with Crippen molar-refractivity contribution in [2.75, 3.05) is 7.05 Å². The first-order valence-electron chi connectivity index (χ1n) is 11.0. The second-order valence-electron chi connectivity index (χ2n) is 8.16. The zero-order valence-electron chi connectivity index (χ0n) is 19.9. The van der Waals surface area contributed by atoms with Crippen LogP contribution in [0.5, 0.6) is 0 Å². The van der Waals surface area contributed by atoms with Gasteiger partial charge >= 0.3 is 5.97 Å². The van der Waals surface area contributed by atoms with Gasteiger partial charge in [0, 0.05) is 12.1 Å². The molecule has 0 aliphatic carbocycles. The number of nitro groups is 1. The zero-order chi connectivity index (χ0) is 26.4. The van der Waals surface area contributed by atoms with Crippen molar-refractivity contribution in [3.8, 4) is 0 Å². The molecule has 0 radical (unpaired) electrons. The first-order chi connectivity index (χ1) is 17.1. The Balaban J connectivity index is 1.73. The molecule has 3 unspecified atom stereocenters. The van der Waals surface area contributed by atoms with Crippen LogP contribution in [-0.2, 0) is 43.1 Å². The number of nitro benzene ring substituents is 1. The Morgan fingerprint density at radius 1 is 1.08 bits per heavy atom. The SMILES string of the molecule is CNS(=O)C1C(NC(=O)Cc2ccccc2)C(=O)N1C(C(=O)OCc1ccc([N+](=O)[O-])cc1)=C(C)C. The van der Waals surface area contributed by atoms with E-state index in [0.29, 0.717) is 11.1 Å². The largest absolute Gasteiger partial charge is 0.456 e. The highest BCUT2D eigenvalue weighted by Gasteiger charge is 2.54.